The Bertz CT molecular complexity index is 1040. The van der Waals surface area contributed by atoms with Gasteiger partial charge in [-0.15, -0.1) is 0 Å². The number of nitrogens with zero attached hydrogens (tertiary/aromatic N) is 1. The number of furan rings is 1. The van der Waals surface area contributed by atoms with Gasteiger partial charge in [-0.1, -0.05) is 0 Å². The molecule has 0 aliphatic rings. The highest BCUT2D eigenvalue weighted by molar-refractivity contribution is 9.10. The van der Waals surface area contributed by atoms with Gasteiger partial charge in [0, 0.05) is 27.0 Å². The van der Waals surface area contributed by atoms with Gasteiger partial charge in [0.2, 0.25) is 0 Å². The quantitative estimate of drug-likeness (QED) is 0.443. The van der Waals surface area contributed by atoms with Crippen LogP contribution in [0.15, 0.2) is 63.9 Å². The van der Waals surface area contributed by atoms with E-state index in [4.69, 9.17) is 20.8 Å². The van der Waals surface area contributed by atoms with Crippen molar-refractivity contribution in [3.63, 3.8) is 0 Å². The van der Waals surface area contributed by atoms with Gasteiger partial charge in [-0.05, 0) is 58.4 Å². The maximum Gasteiger partial charge on any atom is 0.256 e. The summed E-state index contributed by atoms with van der Waals surface area (Å²) in [6.07, 6.45) is 2.94. The average molecular weight is 409 g/mol. The smallest absolute Gasteiger partial charge is 0.256 e. The van der Waals surface area contributed by atoms with Crippen LogP contribution < -0.4 is 11.1 Å². The number of nitrogens with one attached hydrogen (secondary N) is 2. The molecule has 4 N–H and O–H groups in total. The molecule has 0 aliphatic heterocycles. The SMILES string of the molecule is N#Cc1ccc(C(=O)Nc2ccc(N)c(C(=N)c3ccoc3)c2)c(Br)c1. The lowest BCUT2D eigenvalue weighted by Crippen LogP contribution is -2.14. The topological polar surface area (TPSA) is 116 Å². The van der Waals surface area contributed by atoms with Crippen LogP contribution in [0.5, 0.6) is 0 Å². The van der Waals surface area contributed by atoms with Crippen LogP contribution in [0, 0.1) is 16.7 Å². The molecule has 3 rings (SSSR count). The van der Waals surface area contributed by atoms with Crippen LogP contribution in [-0.2, 0) is 0 Å². The summed E-state index contributed by atoms with van der Waals surface area (Å²) in [5, 5.41) is 19.9. The van der Waals surface area contributed by atoms with E-state index in [2.05, 4.69) is 21.2 Å². The average Bonchev–Trinajstić information content (AvgIpc) is 3.17. The fourth-order valence-corrected chi connectivity index (χ4v) is 2.94. The number of rotatable bonds is 4. The minimum absolute atomic E-state index is 0.201. The Morgan fingerprint density at radius 1 is 1.19 bits per heavy atom. The standard InChI is InChI=1S/C19H13BrN4O2/c20-16-7-11(9-21)1-3-14(16)19(25)24-13-2-4-17(22)15(8-13)18(23)12-5-6-26-10-12/h1-8,10,23H,22H2,(H,24,25). The highest BCUT2D eigenvalue weighted by Crippen LogP contribution is 2.24. The number of carbonyl (C=O) groups excluding carboxylic acids is 1. The molecule has 0 saturated carbocycles. The van der Waals surface area contributed by atoms with Crippen LogP contribution in [0.3, 0.4) is 0 Å². The zero-order valence-corrected chi connectivity index (χ0v) is 15.0. The number of hydrogen-bond acceptors (Lipinski definition) is 5. The Balaban J connectivity index is 1.87. The molecule has 0 bridgehead atoms. The van der Waals surface area contributed by atoms with E-state index in [0.29, 0.717) is 38.1 Å². The number of nitrogen functional groups attached to an aromatic ring is 1. The van der Waals surface area contributed by atoms with Crippen molar-refractivity contribution in [1.82, 2.24) is 0 Å². The monoisotopic (exact) mass is 408 g/mol. The molecule has 6 nitrogen and oxygen atoms in total. The minimum Gasteiger partial charge on any atom is -0.472 e. The van der Waals surface area contributed by atoms with Gasteiger partial charge >= 0.3 is 0 Å². The summed E-state index contributed by atoms with van der Waals surface area (Å²) in [4.78, 5) is 12.5. The van der Waals surface area contributed by atoms with E-state index in [9.17, 15) is 4.79 Å². The predicted octanol–water partition coefficient (Wildman–Crippen LogP) is 4.16. The van der Waals surface area contributed by atoms with Gasteiger partial charge in [0.1, 0.15) is 0 Å². The summed E-state index contributed by atoms with van der Waals surface area (Å²) in [5.74, 6) is -0.341. The van der Waals surface area contributed by atoms with E-state index in [1.165, 1.54) is 12.5 Å². The third-order valence-electron chi connectivity index (χ3n) is 3.73. The van der Waals surface area contributed by atoms with Crippen molar-refractivity contribution < 1.29 is 9.21 Å². The van der Waals surface area contributed by atoms with Gasteiger partial charge in [-0.3, -0.25) is 10.2 Å². The first-order valence-corrected chi connectivity index (χ1v) is 8.31. The number of amides is 1. The molecular formula is C19H13BrN4O2. The molecule has 7 heteroatoms. The first-order valence-electron chi connectivity index (χ1n) is 7.51. The van der Waals surface area contributed by atoms with E-state index in [-0.39, 0.29) is 11.6 Å². The molecular weight excluding hydrogens is 396 g/mol. The van der Waals surface area contributed by atoms with Gasteiger partial charge in [0.05, 0.1) is 35.4 Å². The van der Waals surface area contributed by atoms with E-state index in [0.717, 1.165) is 0 Å². The highest BCUT2D eigenvalue weighted by atomic mass is 79.9. The normalized spacial score (nSPS) is 10.2. The van der Waals surface area contributed by atoms with Crippen molar-refractivity contribution in [3.05, 3.63) is 81.7 Å². The minimum atomic E-state index is -0.341. The van der Waals surface area contributed by atoms with Gasteiger partial charge in [-0.25, -0.2) is 0 Å². The van der Waals surface area contributed by atoms with E-state index in [1.54, 1.807) is 42.5 Å². The second-order valence-electron chi connectivity index (χ2n) is 5.45. The number of carbonyl (C=O) groups is 1. The molecule has 0 atom stereocenters. The molecule has 1 heterocycles. The lowest BCUT2D eigenvalue weighted by atomic mass is 10.0. The van der Waals surface area contributed by atoms with Gasteiger partial charge in [0.15, 0.2) is 0 Å². The van der Waals surface area contributed by atoms with Crippen LogP contribution >= 0.6 is 15.9 Å². The first kappa shape index (κ1) is 17.5. The third-order valence-corrected chi connectivity index (χ3v) is 4.39. The van der Waals surface area contributed by atoms with Gasteiger partial charge in [-0.2, -0.15) is 5.26 Å². The summed E-state index contributed by atoms with van der Waals surface area (Å²) >= 11 is 3.30. The Morgan fingerprint density at radius 2 is 2.00 bits per heavy atom. The van der Waals surface area contributed by atoms with Crippen molar-refractivity contribution in [2.24, 2.45) is 0 Å². The van der Waals surface area contributed by atoms with Crippen molar-refractivity contribution in [2.45, 2.75) is 0 Å². The maximum absolute atomic E-state index is 12.5. The Morgan fingerprint density at radius 3 is 2.65 bits per heavy atom. The van der Waals surface area contributed by atoms with Crippen molar-refractivity contribution >= 4 is 38.9 Å². The van der Waals surface area contributed by atoms with Crippen LogP contribution in [-0.4, -0.2) is 11.6 Å². The first-order chi connectivity index (χ1) is 12.5. The molecule has 2 aromatic carbocycles. The summed E-state index contributed by atoms with van der Waals surface area (Å²) in [6, 6.07) is 13.3. The zero-order chi connectivity index (χ0) is 18.7. The van der Waals surface area contributed by atoms with Crippen molar-refractivity contribution in [1.29, 1.82) is 10.7 Å². The molecule has 128 valence electrons. The lowest BCUT2D eigenvalue weighted by molar-refractivity contribution is 0.102. The fraction of sp³-hybridized carbons (Fsp3) is 0. The van der Waals surface area contributed by atoms with E-state index in [1.807, 2.05) is 6.07 Å². The second kappa shape index (κ2) is 7.25. The highest BCUT2D eigenvalue weighted by Gasteiger charge is 2.14. The Labute approximate surface area is 157 Å². The van der Waals surface area contributed by atoms with Crippen molar-refractivity contribution in [3.8, 4) is 6.07 Å². The molecule has 1 aromatic heterocycles. The largest absolute Gasteiger partial charge is 0.472 e. The predicted molar refractivity (Wildman–Crippen MR) is 102 cm³/mol. The molecule has 0 radical (unpaired) electrons. The number of anilines is 2. The molecule has 3 aromatic rings. The number of hydrogen-bond donors (Lipinski definition) is 3. The van der Waals surface area contributed by atoms with Crippen LogP contribution in [0.25, 0.3) is 0 Å². The van der Waals surface area contributed by atoms with Crippen LogP contribution in [0.1, 0.15) is 27.0 Å². The summed E-state index contributed by atoms with van der Waals surface area (Å²) in [6.45, 7) is 0. The Kier molecular flexibility index (Phi) is 4.87. The third kappa shape index (κ3) is 3.50. The van der Waals surface area contributed by atoms with E-state index >= 15 is 0 Å². The molecule has 0 unspecified atom stereocenters. The van der Waals surface area contributed by atoms with Crippen LogP contribution in [0.4, 0.5) is 11.4 Å². The van der Waals surface area contributed by atoms with Crippen molar-refractivity contribution in [2.75, 3.05) is 11.1 Å². The molecule has 0 saturated heterocycles. The number of halogens is 1. The summed E-state index contributed by atoms with van der Waals surface area (Å²) in [5.41, 5.74) is 9.03. The fourth-order valence-electron chi connectivity index (χ4n) is 2.38. The molecule has 0 aliphatic carbocycles. The van der Waals surface area contributed by atoms with Gasteiger partial charge < -0.3 is 15.5 Å². The molecule has 26 heavy (non-hydrogen) atoms. The van der Waals surface area contributed by atoms with Gasteiger partial charge in [0.25, 0.3) is 5.91 Å². The number of nitrogens with two attached hydrogens (primary N) is 1. The summed E-state index contributed by atoms with van der Waals surface area (Å²) < 4.78 is 5.53. The zero-order valence-electron chi connectivity index (χ0n) is 13.4. The maximum atomic E-state index is 12.5. The molecule has 0 fully saturated rings. The molecule has 1 amide bonds. The second-order valence-corrected chi connectivity index (χ2v) is 6.30. The number of nitriles is 1. The van der Waals surface area contributed by atoms with E-state index < -0.39 is 0 Å². The Hall–Kier alpha value is -3.37. The summed E-state index contributed by atoms with van der Waals surface area (Å²) in [7, 11) is 0. The lowest BCUT2D eigenvalue weighted by Gasteiger charge is -2.11. The molecule has 0 spiro atoms. The van der Waals surface area contributed by atoms with Crippen LogP contribution in [0.2, 0.25) is 0 Å². The number of benzene rings is 2.